The van der Waals surface area contributed by atoms with Crippen molar-refractivity contribution in [3.63, 3.8) is 0 Å². The maximum Gasteiger partial charge on any atom is 0.224 e. The molecule has 0 radical (unpaired) electrons. The molecule has 0 aliphatic rings. The van der Waals surface area contributed by atoms with Gasteiger partial charge >= 0.3 is 0 Å². The molecule has 1 amide bonds. The first-order valence-electron chi connectivity index (χ1n) is 6.09. The summed E-state index contributed by atoms with van der Waals surface area (Å²) in [6.07, 6.45) is 0.930. The molecule has 1 aromatic rings. The average Bonchev–Trinajstić information content (AvgIpc) is 2.39. The van der Waals surface area contributed by atoms with E-state index in [0.29, 0.717) is 43.2 Å². The topological polar surface area (TPSA) is 93.8 Å². The monoisotopic (exact) mass is 268 g/mol. The lowest BCUT2D eigenvalue weighted by molar-refractivity contribution is -0.116. The van der Waals surface area contributed by atoms with E-state index in [4.69, 9.17) is 20.3 Å². The highest BCUT2D eigenvalue weighted by molar-refractivity contribution is 5.92. The first kappa shape index (κ1) is 15.3. The molecule has 0 saturated heterocycles. The van der Waals surface area contributed by atoms with Gasteiger partial charge in [-0.2, -0.15) is 0 Å². The van der Waals surface area contributed by atoms with Crippen molar-refractivity contribution in [2.24, 2.45) is 0 Å². The number of carbonyl (C=O) groups is 1. The second-order valence-electron chi connectivity index (χ2n) is 3.95. The first-order chi connectivity index (χ1) is 9.17. The molecular formula is C13H20N2O4. The zero-order chi connectivity index (χ0) is 14.1. The smallest absolute Gasteiger partial charge is 0.224 e. The van der Waals surface area contributed by atoms with Crippen molar-refractivity contribution in [3.05, 3.63) is 18.2 Å². The highest BCUT2D eigenvalue weighted by Gasteiger charge is 2.07. The minimum Gasteiger partial charge on any atom is -0.495 e. The number of aliphatic hydroxyl groups excluding tert-OH is 1. The largest absolute Gasteiger partial charge is 0.495 e. The van der Waals surface area contributed by atoms with Gasteiger partial charge in [0.2, 0.25) is 5.91 Å². The molecule has 19 heavy (non-hydrogen) atoms. The molecule has 0 fully saturated rings. The van der Waals surface area contributed by atoms with E-state index in [0.717, 1.165) is 0 Å². The van der Waals surface area contributed by atoms with Gasteiger partial charge in [0.05, 0.1) is 26.0 Å². The van der Waals surface area contributed by atoms with E-state index in [1.165, 1.54) is 7.11 Å². The van der Waals surface area contributed by atoms with Gasteiger partial charge in [-0.15, -0.1) is 0 Å². The average molecular weight is 268 g/mol. The number of ether oxygens (including phenoxy) is 2. The molecule has 6 nitrogen and oxygen atoms in total. The van der Waals surface area contributed by atoms with Gasteiger partial charge in [-0.05, 0) is 24.6 Å². The SMILES string of the molecule is COc1ccc(N)cc1NC(=O)CCCOCCO. The molecule has 6 heteroatoms. The Balaban J connectivity index is 2.41. The van der Waals surface area contributed by atoms with E-state index in [1.54, 1.807) is 18.2 Å². The van der Waals surface area contributed by atoms with Gasteiger partial charge in [0.1, 0.15) is 5.75 Å². The Morgan fingerprint density at radius 2 is 2.21 bits per heavy atom. The molecule has 0 unspecified atom stereocenters. The third kappa shape index (κ3) is 5.58. The first-order valence-corrected chi connectivity index (χ1v) is 6.09. The lowest BCUT2D eigenvalue weighted by Gasteiger charge is -2.10. The normalized spacial score (nSPS) is 10.2. The van der Waals surface area contributed by atoms with Crippen LogP contribution in [0, 0.1) is 0 Å². The number of nitrogens with two attached hydrogens (primary N) is 1. The number of nitrogens with one attached hydrogen (secondary N) is 1. The van der Waals surface area contributed by atoms with E-state index in [1.807, 2.05) is 0 Å². The Hall–Kier alpha value is -1.79. The zero-order valence-corrected chi connectivity index (χ0v) is 11.0. The van der Waals surface area contributed by atoms with Crippen LogP contribution in [0.2, 0.25) is 0 Å². The molecule has 0 heterocycles. The number of carbonyl (C=O) groups excluding carboxylic acids is 1. The zero-order valence-electron chi connectivity index (χ0n) is 11.0. The second-order valence-corrected chi connectivity index (χ2v) is 3.95. The summed E-state index contributed by atoms with van der Waals surface area (Å²) in [5.41, 5.74) is 6.78. The van der Waals surface area contributed by atoms with Crippen LogP contribution in [-0.4, -0.2) is 37.9 Å². The molecule has 106 valence electrons. The number of hydrogen-bond acceptors (Lipinski definition) is 5. The number of methoxy groups -OCH3 is 1. The summed E-state index contributed by atoms with van der Waals surface area (Å²) in [7, 11) is 1.53. The number of rotatable bonds is 8. The lowest BCUT2D eigenvalue weighted by Crippen LogP contribution is -2.13. The van der Waals surface area contributed by atoms with Crippen LogP contribution in [-0.2, 0) is 9.53 Å². The maximum absolute atomic E-state index is 11.7. The van der Waals surface area contributed by atoms with Crippen LogP contribution in [0.5, 0.6) is 5.75 Å². The van der Waals surface area contributed by atoms with Crippen LogP contribution < -0.4 is 15.8 Å². The van der Waals surface area contributed by atoms with Gasteiger partial charge in [-0.3, -0.25) is 4.79 Å². The molecule has 0 saturated carbocycles. The standard InChI is InChI=1S/C13H20N2O4/c1-18-12-5-4-10(14)9-11(12)15-13(17)3-2-7-19-8-6-16/h4-5,9,16H,2-3,6-8,14H2,1H3,(H,15,17). The Labute approximate surface area is 112 Å². The number of benzene rings is 1. The summed E-state index contributed by atoms with van der Waals surface area (Å²) >= 11 is 0. The molecule has 0 atom stereocenters. The van der Waals surface area contributed by atoms with Crippen molar-refractivity contribution in [3.8, 4) is 5.75 Å². The van der Waals surface area contributed by atoms with Crippen LogP contribution in [0.25, 0.3) is 0 Å². The van der Waals surface area contributed by atoms with E-state index in [9.17, 15) is 4.79 Å². The van der Waals surface area contributed by atoms with Crippen molar-refractivity contribution in [2.75, 3.05) is 38.0 Å². The van der Waals surface area contributed by atoms with Crippen LogP contribution in [0.15, 0.2) is 18.2 Å². The van der Waals surface area contributed by atoms with E-state index in [-0.39, 0.29) is 12.5 Å². The van der Waals surface area contributed by atoms with Gasteiger partial charge in [-0.1, -0.05) is 0 Å². The Bertz CT molecular complexity index is 410. The lowest BCUT2D eigenvalue weighted by atomic mass is 10.2. The van der Waals surface area contributed by atoms with Gasteiger partial charge in [0, 0.05) is 18.7 Å². The van der Waals surface area contributed by atoms with Crippen molar-refractivity contribution in [1.82, 2.24) is 0 Å². The Kier molecular flexibility index (Phi) is 6.70. The molecule has 0 spiro atoms. The molecule has 0 aliphatic heterocycles. The second kappa shape index (κ2) is 8.34. The van der Waals surface area contributed by atoms with Crippen LogP contribution in [0.1, 0.15) is 12.8 Å². The predicted octanol–water partition coefficient (Wildman–Crippen LogP) is 1.00. The Morgan fingerprint density at radius 3 is 2.89 bits per heavy atom. The number of amides is 1. The summed E-state index contributed by atoms with van der Waals surface area (Å²) in [6, 6.07) is 5.06. The summed E-state index contributed by atoms with van der Waals surface area (Å²) in [5, 5.41) is 11.3. The molecule has 1 aromatic carbocycles. The van der Waals surface area contributed by atoms with Gasteiger partial charge in [-0.25, -0.2) is 0 Å². The predicted molar refractivity (Wildman–Crippen MR) is 73.2 cm³/mol. The van der Waals surface area contributed by atoms with Crippen molar-refractivity contribution >= 4 is 17.3 Å². The van der Waals surface area contributed by atoms with Gasteiger partial charge < -0.3 is 25.6 Å². The molecule has 0 aliphatic carbocycles. The number of hydrogen-bond donors (Lipinski definition) is 3. The fourth-order valence-electron chi connectivity index (χ4n) is 1.54. The summed E-state index contributed by atoms with van der Waals surface area (Å²) < 4.78 is 10.2. The molecule has 0 aromatic heterocycles. The molecule has 0 bridgehead atoms. The third-order valence-electron chi connectivity index (χ3n) is 2.43. The van der Waals surface area contributed by atoms with E-state index >= 15 is 0 Å². The van der Waals surface area contributed by atoms with Crippen LogP contribution in [0.3, 0.4) is 0 Å². The summed E-state index contributed by atoms with van der Waals surface area (Å²) in [6.45, 7) is 0.736. The third-order valence-corrected chi connectivity index (χ3v) is 2.43. The van der Waals surface area contributed by atoms with Gasteiger partial charge in [0.15, 0.2) is 0 Å². The van der Waals surface area contributed by atoms with Crippen molar-refractivity contribution in [1.29, 1.82) is 0 Å². The molecule has 1 rings (SSSR count). The van der Waals surface area contributed by atoms with Gasteiger partial charge in [0.25, 0.3) is 0 Å². The number of aliphatic hydroxyl groups is 1. The molecular weight excluding hydrogens is 248 g/mol. The minimum absolute atomic E-state index is 0.00725. The van der Waals surface area contributed by atoms with E-state index < -0.39 is 0 Å². The molecule has 4 N–H and O–H groups in total. The van der Waals surface area contributed by atoms with Crippen LogP contribution in [0.4, 0.5) is 11.4 Å². The summed E-state index contributed by atoms with van der Waals surface area (Å²) in [5.74, 6) is 0.440. The van der Waals surface area contributed by atoms with Crippen molar-refractivity contribution < 1.29 is 19.4 Å². The number of anilines is 2. The van der Waals surface area contributed by atoms with Crippen LogP contribution >= 0.6 is 0 Å². The Morgan fingerprint density at radius 1 is 1.42 bits per heavy atom. The van der Waals surface area contributed by atoms with Crippen molar-refractivity contribution in [2.45, 2.75) is 12.8 Å². The maximum atomic E-state index is 11.7. The highest BCUT2D eigenvalue weighted by Crippen LogP contribution is 2.26. The fraction of sp³-hybridized carbons (Fsp3) is 0.462. The quantitative estimate of drug-likeness (QED) is 0.483. The summed E-state index contributed by atoms with van der Waals surface area (Å²) in [4.78, 5) is 11.7. The fourth-order valence-corrected chi connectivity index (χ4v) is 1.54. The highest BCUT2D eigenvalue weighted by atomic mass is 16.5. The number of nitrogen functional groups attached to an aromatic ring is 1. The minimum atomic E-state index is -0.128. The van der Waals surface area contributed by atoms with E-state index in [2.05, 4.69) is 5.32 Å².